The smallest absolute Gasteiger partial charge is 0.362 e. The van der Waals surface area contributed by atoms with Gasteiger partial charge < -0.3 is 9.68 Å². The van der Waals surface area contributed by atoms with Gasteiger partial charge in [0, 0.05) is 12.1 Å². The van der Waals surface area contributed by atoms with Crippen molar-refractivity contribution in [1.29, 1.82) is 0 Å². The largest absolute Gasteiger partial charge is 0.437 e. The average Bonchev–Trinajstić information content (AvgIpc) is 3.02. The summed E-state index contributed by atoms with van der Waals surface area (Å²) >= 11 is 0. The minimum atomic E-state index is -1.01. The fourth-order valence-electron chi connectivity index (χ4n) is 0.759. The average molecular weight is 200 g/mol. The van der Waals surface area contributed by atoms with Crippen LogP contribution in [0.25, 0.3) is 0 Å². The molecule has 0 aromatic heterocycles. The van der Waals surface area contributed by atoms with Crippen molar-refractivity contribution in [2.75, 3.05) is 0 Å². The van der Waals surface area contributed by atoms with Crippen LogP contribution in [-0.2, 0) is 19.3 Å². The van der Waals surface area contributed by atoms with Crippen molar-refractivity contribution in [3.05, 3.63) is 0 Å². The van der Waals surface area contributed by atoms with Crippen molar-refractivity contribution in [3.63, 3.8) is 0 Å². The maximum absolute atomic E-state index is 10.9. The number of carbonyl (C=O) groups is 2. The lowest BCUT2D eigenvalue weighted by molar-refractivity contribution is -0.177. The van der Waals surface area contributed by atoms with Gasteiger partial charge >= 0.3 is 11.9 Å². The van der Waals surface area contributed by atoms with Crippen molar-refractivity contribution in [3.8, 4) is 0 Å². The van der Waals surface area contributed by atoms with E-state index in [-0.39, 0.29) is 12.1 Å². The molecule has 14 heavy (non-hydrogen) atoms. The number of carbonyl (C=O) groups excluding carboxylic acids is 2. The van der Waals surface area contributed by atoms with Gasteiger partial charge in [0.15, 0.2) is 0 Å². The lowest BCUT2D eigenvalue weighted by atomic mass is 10.7. The van der Waals surface area contributed by atoms with Gasteiger partial charge in [-0.2, -0.15) is 0 Å². The van der Waals surface area contributed by atoms with Crippen LogP contribution in [0.4, 0.5) is 0 Å². The Hall–Kier alpha value is -1.14. The topological polar surface area (TPSA) is 76.7 Å². The van der Waals surface area contributed by atoms with Gasteiger partial charge in [0.25, 0.3) is 0 Å². The maximum atomic E-state index is 10.9. The molecule has 2 N–H and O–H groups in total. The molecule has 6 heteroatoms. The molecular formula is C8H12N2O4. The van der Waals surface area contributed by atoms with Gasteiger partial charge in [-0.25, -0.2) is 9.59 Å². The van der Waals surface area contributed by atoms with Crippen LogP contribution in [0.2, 0.25) is 0 Å². The van der Waals surface area contributed by atoms with Crippen molar-refractivity contribution >= 4 is 11.9 Å². The first-order valence-corrected chi connectivity index (χ1v) is 4.69. The Morgan fingerprint density at radius 3 is 1.50 bits per heavy atom. The normalized spacial score (nSPS) is 20.3. The molecule has 2 saturated carbocycles. The van der Waals surface area contributed by atoms with E-state index in [0.29, 0.717) is 0 Å². The maximum Gasteiger partial charge on any atom is 0.437 e. The molecule has 6 nitrogen and oxygen atoms in total. The van der Waals surface area contributed by atoms with E-state index in [1.54, 1.807) is 0 Å². The lowest BCUT2D eigenvalue weighted by Crippen LogP contribution is -2.32. The molecule has 0 spiro atoms. The highest BCUT2D eigenvalue weighted by Gasteiger charge is 2.28. The molecule has 0 bridgehead atoms. The van der Waals surface area contributed by atoms with Gasteiger partial charge in [-0.3, -0.25) is 0 Å². The molecule has 2 aliphatic rings. The van der Waals surface area contributed by atoms with Crippen molar-refractivity contribution < 1.29 is 19.3 Å². The summed E-state index contributed by atoms with van der Waals surface area (Å²) in [6.07, 6.45) is 3.90. The summed E-state index contributed by atoms with van der Waals surface area (Å²) < 4.78 is 0. The second kappa shape index (κ2) is 3.93. The Labute approximate surface area is 80.8 Å². The summed E-state index contributed by atoms with van der Waals surface area (Å²) in [6, 6.07) is 0.422. The molecule has 0 saturated heterocycles. The third-order valence-electron chi connectivity index (χ3n) is 1.96. The van der Waals surface area contributed by atoms with Gasteiger partial charge in [-0.1, -0.05) is 0 Å². The molecule has 0 unspecified atom stereocenters. The lowest BCUT2D eigenvalue weighted by Gasteiger charge is -2.04. The second-order valence-corrected chi connectivity index (χ2v) is 3.56. The minimum absolute atomic E-state index is 0.211. The SMILES string of the molecule is O=C(ONC1CC1)C(=O)ONC1CC1. The van der Waals surface area contributed by atoms with Crippen LogP contribution in [0.5, 0.6) is 0 Å². The standard InChI is InChI=1S/C8H12N2O4/c11-7(13-9-5-1-2-5)8(12)14-10-6-3-4-6/h5-6,9-10H,1-4H2. The summed E-state index contributed by atoms with van der Waals surface area (Å²) in [7, 11) is 0. The van der Waals surface area contributed by atoms with E-state index >= 15 is 0 Å². The van der Waals surface area contributed by atoms with Crippen LogP contribution in [0.3, 0.4) is 0 Å². The number of rotatable bonds is 4. The second-order valence-electron chi connectivity index (χ2n) is 3.56. The Morgan fingerprint density at radius 1 is 0.857 bits per heavy atom. The van der Waals surface area contributed by atoms with E-state index in [1.165, 1.54) is 0 Å². The molecule has 0 aromatic carbocycles. The van der Waals surface area contributed by atoms with E-state index < -0.39 is 11.9 Å². The first-order valence-electron chi connectivity index (χ1n) is 4.69. The Kier molecular flexibility index (Phi) is 2.64. The van der Waals surface area contributed by atoms with E-state index in [4.69, 9.17) is 0 Å². The first kappa shape index (κ1) is 9.42. The molecule has 2 rings (SSSR count). The first-order chi connectivity index (χ1) is 6.75. The minimum Gasteiger partial charge on any atom is -0.362 e. The van der Waals surface area contributed by atoms with Crippen LogP contribution >= 0.6 is 0 Å². The van der Waals surface area contributed by atoms with Crippen LogP contribution in [0, 0.1) is 0 Å². The van der Waals surface area contributed by atoms with E-state index in [2.05, 4.69) is 20.6 Å². The highest BCUT2D eigenvalue weighted by molar-refractivity contribution is 6.29. The molecule has 0 aromatic rings. The van der Waals surface area contributed by atoms with Crippen molar-refractivity contribution in [1.82, 2.24) is 11.0 Å². The number of hydrogen-bond donors (Lipinski definition) is 2. The van der Waals surface area contributed by atoms with Crippen LogP contribution in [0.15, 0.2) is 0 Å². The van der Waals surface area contributed by atoms with Gasteiger partial charge in [0.2, 0.25) is 0 Å². The number of hydroxylamine groups is 2. The predicted molar refractivity (Wildman–Crippen MR) is 44.5 cm³/mol. The number of hydrogen-bond acceptors (Lipinski definition) is 6. The quantitative estimate of drug-likeness (QED) is 0.466. The highest BCUT2D eigenvalue weighted by Crippen LogP contribution is 2.19. The zero-order chi connectivity index (χ0) is 9.97. The van der Waals surface area contributed by atoms with Crippen molar-refractivity contribution in [2.45, 2.75) is 37.8 Å². The summed E-state index contributed by atoms with van der Waals surface area (Å²) in [5.41, 5.74) is 4.92. The van der Waals surface area contributed by atoms with Gasteiger partial charge in [-0.15, -0.1) is 11.0 Å². The fraction of sp³-hybridized carbons (Fsp3) is 0.750. The molecular weight excluding hydrogens is 188 g/mol. The summed E-state index contributed by atoms with van der Waals surface area (Å²) in [5.74, 6) is -2.02. The zero-order valence-electron chi connectivity index (χ0n) is 7.62. The Morgan fingerprint density at radius 2 is 1.21 bits per heavy atom. The molecule has 0 radical (unpaired) electrons. The number of nitrogens with one attached hydrogen (secondary N) is 2. The Balaban J connectivity index is 1.58. The highest BCUT2D eigenvalue weighted by atomic mass is 16.7. The van der Waals surface area contributed by atoms with Crippen LogP contribution in [0.1, 0.15) is 25.7 Å². The molecule has 2 fully saturated rings. The summed E-state index contributed by atoms with van der Waals surface area (Å²) in [4.78, 5) is 30.8. The fourth-order valence-corrected chi connectivity index (χ4v) is 0.759. The van der Waals surface area contributed by atoms with Crippen LogP contribution in [-0.4, -0.2) is 24.0 Å². The molecule has 0 heterocycles. The molecule has 0 aliphatic heterocycles. The summed E-state index contributed by atoms with van der Waals surface area (Å²) in [5, 5.41) is 0. The zero-order valence-corrected chi connectivity index (χ0v) is 7.62. The Bertz CT molecular complexity index is 222. The van der Waals surface area contributed by atoms with E-state index in [0.717, 1.165) is 25.7 Å². The van der Waals surface area contributed by atoms with E-state index in [9.17, 15) is 9.59 Å². The predicted octanol–water partition coefficient (Wildman–Crippen LogP) is -0.593. The van der Waals surface area contributed by atoms with Gasteiger partial charge in [-0.05, 0) is 25.7 Å². The molecule has 0 amide bonds. The van der Waals surface area contributed by atoms with Crippen molar-refractivity contribution in [2.24, 2.45) is 0 Å². The third-order valence-corrected chi connectivity index (χ3v) is 1.96. The monoisotopic (exact) mass is 200 g/mol. The third kappa shape index (κ3) is 2.97. The van der Waals surface area contributed by atoms with Gasteiger partial charge in [0.1, 0.15) is 0 Å². The molecule has 2 aliphatic carbocycles. The summed E-state index contributed by atoms with van der Waals surface area (Å²) in [6.45, 7) is 0. The van der Waals surface area contributed by atoms with E-state index in [1.807, 2.05) is 0 Å². The van der Waals surface area contributed by atoms with Gasteiger partial charge in [0.05, 0.1) is 0 Å². The molecule has 78 valence electrons. The van der Waals surface area contributed by atoms with Crippen LogP contribution < -0.4 is 11.0 Å². The molecule has 0 atom stereocenters.